The third kappa shape index (κ3) is 5.49. The first kappa shape index (κ1) is 22.8. The monoisotopic (exact) mass is 470 g/mol. The summed E-state index contributed by atoms with van der Waals surface area (Å²) in [4.78, 5) is 37.2. The van der Waals surface area contributed by atoms with Gasteiger partial charge in [0.25, 0.3) is 11.8 Å². The van der Waals surface area contributed by atoms with E-state index in [9.17, 15) is 14.4 Å². The highest BCUT2D eigenvalue weighted by molar-refractivity contribution is 6.30. The van der Waals surface area contributed by atoms with Gasteiger partial charge in [0.1, 0.15) is 5.75 Å². The number of hydrogen-bond donors (Lipinski definition) is 2. The zero-order valence-electron chi connectivity index (χ0n) is 17.8. The second-order valence-corrected chi connectivity index (χ2v) is 7.67. The predicted molar refractivity (Wildman–Crippen MR) is 131 cm³/mol. The second-order valence-electron chi connectivity index (χ2n) is 7.24. The lowest BCUT2D eigenvalue weighted by Gasteiger charge is -2.09. The third-order valence-electron chi connectivity index (χ3n) is 4.95. The van der Waals surface area contributed by atoms with Crippen molar-refractivity contribution >= 4 is 46.2 Å². The first-order valence-corrected chi connectivity index (χ1v) is 10.7. The number of carbonyl (C=O) groups is 3. The fourth-order valence-corrected chi connectivity index (χ4v) is 3.40. The van der Waals surface area contributed by atoms with E-state index in [2.05, 4.69) is 10.9 Å². The Kier molecular flexibility index (Phi) is 7.01. The van der Waals surface area contributed by atoms with Gasteiger partial charge in [0, 0.05) is 22.2 Å². The predicted octanol–water partition coefficient (Wildman–Crippen LogP) is 5.19. The highest BCUT2D eigenvalue weighted by Gasteiger charge is 2.12. The van der Waals surface area contributed by atoms with Crippen molar-refractivity contribution in [1.82, 2.24) is 10.9 Å². The van der Waals surface area contributed by atoms with E-state index in [4.69, 9.17) is 16.3 Å². The fraction of sp³-hybridized carbons (Fsp3) is 0. The number of nitrogens with one attached hydrogen (secondary N) is 2. The van der Waals surface area contributed by atoms with E-state index in [0.717, 1.165) is 10.8 Å². The van der Waals surface area contributed by atoms with Gasteiger partial charge in [-0.15, -0.1) is 0 Å². The van der Waals surface area contributed by atoms with Crippen molar-refractivity contribution in [3.05, 3.63) is 119 Å². The molecule has 2 N–H and O–H groups in total. The van der Waals surface area contributed by atoms with Crippen molar-refractivity contribution in [2.45, 2.75) is 0 Å². The van der Waals surface area contributed by atoms with Crippen molar-refractivity contribution in [2.75, 3.05) is 0 Å². The maximum absolute atomic E-state index is 12.6. The van der Waals surface area contributed by atoms with Gasteiger partial charge in [0.05, 0.1) is 5.56 Å². The van der Waals surface area contributed by atoms with E-state index < -0.39 is 17.8 Å². The molecule has 0 aliphatic rings. The topological polar surface area (TPSA) is 84.5 Å². The molecular formula is C27H19ClN2O4. The van der Waals surface area contributed by atoms with E-state index in [-0.39, 0.29) is 5.75 Å². The lowest BCUT2D eigenvalue weighted by molar-refractivity contribution is -0.117. The summed E-state index contributed by atoms with van der Waals surface area (Å²) in [5.41, 5.74) is 6.08. The van der Waals surface area contributed by atoms with E-state index in [1.807, 2.05) is 30.3 Å². The summed E-state index contributed by atoms with van der Waals surface area (Å²) in [6.07, 6.45) is 2.72. The Balaban J connectivity index is 1.40. The van der Waals surface area contributed by atoms with Gasteiger partial charge >= 0.3 is 5.97 Å². The molecule has 7 heteroatoms. The first-order chi connectivity index (χ1) is 16.5. The molecule has 0 aliphatic carbocycles. The molecule has 0 aliphatic heterocycles. The summed E-state index contributed by atoms with van der Waals surface area (Å²) in [7, 11) is 0. The van der Waals surface area contributed by atoms with Crippen LogP contribution in [0, 0.1) is 0 Å². The van der Waals surface area contributed by atoms with E-state index in [1.54, 1.807) is 60.7 Å². The normalized spacial score (nSPS) is 10.7. The highest BCUT2D eigenvalue weighted by Crippen LogP contribution is 2.21. The molecule has 0 heterocycles. The minimum atomic E-state index is -0.552. The average molecular weight is 471 g/mol. The lowest BCUT2D eigenvalue weighted by atomic mass is 10.0. The molecule has 4 rings (SSSR count). The Bertz CT molecular complexity index is 1390. The number of rotatable bonds is 5. The van der Waals surface area contributed by atoms with Crippen LogP contribution in [-0.2, 0) is 4.79 Å². The molecule has 0 unspecified atom stereocenters. The second kappa shape index (κ2) is 10.5. The third-order valence-corrected chi connectivity index (χ3v) is 5.20. The molecule has 0 atom stereocenters. The van der Waals surface area contributed by atoms with Gasteiger partial charge in [0.2, 0.25) is 0 Å². The summed E-state index contributed by atoms with van der Waals surface area (Å²) in [5, 5.41) is 2.22. The van der Waals surface area contributed by atoms with Crippen LogP contribution in [0.3, 0.4) is 0 Å². The number of halogens is 1. The van der Waals surface area contributed by atoms with Crippen molar-refractivity contribution < 1.29 is 19.1 Å². The number of ether oxygens (including phenoxy) is 1. The molecule has 0 fully saturated rings. The molecule has 34 heavy (non-hydrogen) atoms. The molecule has 2 amide bonds. The molecule has 0 radical (unpaired) electrons. The van der Waals surface area contributed by atoms with Crippen molar-refractivity contribution in [2.24, 2.45) is 0 Å². The fourth-order valence-electron chi connectivity index (χ4n) is 3.27. The first-order valence-electron chi connectivity index (χ1n) is 10.3. The quantitative estimate of drug-likeness (QED) is 0.182. The number of esters is 1. The summed E-state index contributed by atoms with van der Waals surface area (Å²) in [5.74, 6) is -1.25. The highest BCUT2D eigenvalue weighted by atomic mass is 35.5. The van der Waals surface area contributed by atoms with Crippen LogP contribution < -0.4 is 15.6 Å². The smallest absolute Gasteiger partial charge is 0.343 e. The molecule has 0 spiro atoms. The standard InChI is InChI=1S/C27H19ClN2O4/c28-21-15-12-20(13-16-21)27(33)34-24-11-4-2-7-19(24)14-17-25(31)29-30-26(32)23-10-5-8-18-6-1-3-9-22(18)23/h1-17H,(H,29,31)(H,30,32)/b17-14+. The summed E-state index contributed by atoms with van der Waals surface area (Å²) in [6.45, 7) is 0. The number of benzene rings is 4. The van der Waals surface area contributed by atoms with Crippen LogP contribution in [0.5, 0.6) is 5.75 Å². The van der Waals surface area contributed by atoms with Gasteiger partial charge in [-0.1, -0.05) is 66.2 Å². The minimum absolute atomic E-state index is 0.284. The van der Waals surface area contributed by atoms with Gasteiger partial charge in [-0.3, -0.25) is 20.4 Å². The number of para-hydroxylation sites is 1. The molecule has 4 aromatic rings. The molecule has 0 bridgehead atoms. The van der Waals surface area contributed by atoms with Crippen LogP contribution in [0.25, 0.3) is 16.8 Å². The zero-order valence-corrected chi connectivity index (χ0v) is 18.6. The van der Waals surface area contributed by atoms with Crippen molar-refractivity contribution in [3.8, 4) is 5.75 Å². The van der Waals surface area contributed by atoms with Crippen LogP contribution >= 0.6 is 11.6 Å². The lowest BCUT2D eigenvalue weighted by Crippen LogP contribution is -2.40. The van der Waals surface area contributed by atoms with Crippen molar-refractivity contribution in [1.29, 1.82) is 0 Å². The molecule has 4 aromatic carbocycles. The molecule has 6 nitrogen and oxygen atoms in total. The Labute approximate surface area is 200 Å². The SMILES string of the molecule is O=C(/C=C/c1ccccc1OC(=O)c1ccc(Cl)cc1)NNC(=O)c1cccc2ccccc12. The Morgan fingerprint density at radius 2 is 1.47 bits per heavy atom. The van der Waals surface area contributed by atoms with Gasteiger partial charge in [-0.2, -0.15) is 0 Å². The van der Waals surface area contributed by atoms with Crippen LogP contribution in [0.2, 0.25) is 5.02 Å². The summed E-state index contributed by atoms with van der Waals surface area (Å²) in [6, 6.07) is 26.0. The van der Waals surface area contributed by atoms with Crippen LogP contribution in [0.15, 0.2) is 97.1 Å². The summed E-state index contributed by atoms with van der Waals surface area (Å²) >= 11 is 5.85. The maximum Gasteiger partial charge on any atom is 0.343 e. The Morgan fingerprint density at radius 3 is 2.29 bits per heavy atom. The largest absolute Gasteiger partial charge is 0.422 e. The molecule has 0 saturated heterocycles. The van der Waals surface area contributed by atoms with Gasteiger partial charge in [-0.05, 0) is 53.2 Å². The van der Waals surface area contributed by atoms with Crippen molar-refractivity contribution in [3.63, 3.8) is 0 Å². The van der Waals surface area contributed by atoms with Crippen LogP contribution in [0.4, 0.5) is 0 Å². The minimum Gasteiger partial charge on any atom is -0.422 e. The van der Waals surface area contributed by atoms with E-state index >= 15 is 0 Å². The number of hydrogen-bond acceptors (Lipinski definition) is 4. The summed E-state index contributed by atoms with van der Waals surface area (Å²) < 4.78 is 5.47. The zero-order chi connectivity index (χ0) is 23.9. The van der Waals surface area contributed by atoms with Gasteiger partial charge in [0.15, 0.2) is 0 Å². The van der Waals surface area contributed by atoms with Gasteiger partial charge in [-0.25, -0.2) is 4.79 Å². The van der Waals surface area contributed by atoms with E-state index in [0.29, 0.717) is 21.7 Å². The van der Waals surface area contributed by atoms with Crippen LogP contribution in [0.1, 0.15) is 26.3 Å². The number of amides is 2. The molecule has 0 saturated carbocycles. The van der Waals surface area contributed by atoms with E-state index in [1.165, 1.54) is 12.2 Å². The Hall–Kier alpha value is -4.42. The number of carbonyl (C=O) groups excluding carboxylic acids is 3. The maximum atomic E-state index is 12.6. The number of hydrazine groups is 1. The Morgan fingerprint density at radius 1 is 0.765 bits per heavy atom. The van der Waals surface area contributed by atoms with Gasteiger partial charge < -0.3 is 4.74 Å². The molecular weight excluding hydrogens is 452 g/mol. The van der Waals surface area contributed by atoms with Crippen LogP contribution in [-0.4, -0.2) is 17.8 Å². The molecule has 0 aromatic heterocycles. The number of fused-ring (bicyclic) bond motifs is 1. The average Bonchev–Trinajstić information content (AvgIpc) is 2.86. The molecule has 168 valence electrons.